The zero-order valence-electron chi connectivity index (χ0n) is 13.8. The number of aromatic nitrogens is 2. The third-order valence-electron chi connectivity index (χ3n) is 4.85. The molecular formula is C16H29N3O2. The molecule has 1 aliphatic carbocycles. The fourth-order valence-corrected chi connectivity index (χ4v) is 3.08. The molecule has 2 atom stereocenters. The van der Waals surface area contributed by atoms with Crippen LogP contribution in [-0.4, -0.2) is 22.8 Å². The average Bonchev–Trinajstić information content (AvgIpc) is 2.99. The second-order valence-corrected chi connectivity index (χ2v) is 6.43. The van der Waals surface area contributed by atoms with Gasteiger partial charge in [-0.05, 0) is 44.9 Å². The first-order valence-corrected chi connectivity index (χ1v) is 8.26. The van der Waals surface area contributed by atoms with Gasteiger partial charge in [-0.3, -0.25) is 0 Å². The summed E-state index contributed by atoms with van der Waals surface area (Å²) < 4.78 is 11.5. The molecule has 0 spiro atoms. The van der Waals surface area contributed by atoms with E-state index >= 15 is 0 Å². The van der Waals surface area contributed by atoms with E-state index in [1.54, 1.807) is 0 Å². The molecule has 0 amide bonds. The third-order valence-corrected chi connectivity index (χ3v) is 4.85. The molecule has 1 aromatic heterocycles. The molecule has 1 heterocycles. The van der Waals surface area contributed by atoms with Gasteiger partial charge in [-0.25, -0.2) is 0 Å². The lowest BCUT2D eigenvalue weighted by atomic mass is 9.79. The molecule has 0 saturated heterocycles. The molecule has 2 rings (SSSR count). The van der Waals surface area contributed by atoms with Crippen molar-refractivity contribution in [2.24, 2.45) is 11.7 Å². The van der Waals surface area contributed by atoms with Gasteiger partial charge >= 0.3 is 0 Å². The SMILES string of the molecule is CCOC1(c2noc(C(C)C(N)CC)n2)CCC(C)CC1. The summed E-state index contributed by atoms with van der Waals surface area (Å²) in [5, 5.41) is 4.23. The normalized spacial score (nSPS) is 29.3. The van der Waals surface area contributed by atoms with Crippen molar-refractivity contribution in [2.45, 2.75) is 77.4 Å². The lowest BCUT2D eigenvalue weighted by Crippen LogP contribution is -2.35. The van der Waals surface area contributed by atoms with E-state index in [4.69, 9.17) is 15.0 Å². The van der Waals surface area contributed by atoms with Crippen molar-refractivity contribution in [2.75, 3.05) is 6.61 Å². The highest BCUT2D eigenvalue weighted by Crippen LogP contribution is 2.41. The van der Waals surface area contributed by atoms with E-state index in [1.807, 2.05) is 13.8 Å². The topological polar surface area (TPSA) is 74.2 Å². The van der Waals surface area contributed by atoms with Crippen molar-refractivity contribution in [3.8, 4) is 0 Å². The zero-order chi connectivity index (χ0) is 15.5. The maximum Gasteiger partial charge on any atom is 0.231 e. The molecule has 1 saturated carbocycles. The largest absolute Gasteiger partial charge is 0.367 e. The molecule has 120 valence electrons. The van der Waals surface area contributed by atoms with Gasteiger partial charge in [0.2, 0.25) is 11.7 Å². The van der Waals surface area contributed by atoms with Crippen molar-refractivity contribution in [1.82, 2.24) is 10.1 Å². The number of rotatable bonds is 6. The van der Waals surface area contributed by atoms with Crippen molar-refractivity contribution >= 4 is 0 Å². The molecule has 1 fully saturated rings. The summed E-state index contributed by atoms with van der Waals surface area (Å²) in [6.07, 6.45) is 5.12. The Morgan fingerprint density at radius 3 is 2.62 bits per heavy atom. The number of hydrogen-bond acceptors (Lipinski definition) is 5. The molecule has 0 aliphatic heterocycles. The van der Waals surface area contributed by atoms with Gasteiger partial charge in [0.05, 0.1) is 5.92 Å². The summed E-state index contributed by atoms with van der Waals surface area (Å²) in [5.74, 6) is 2.17. The highest BCUT2D eigenvalue weighted by atomic mass is 16.5. The lowest BCUT2D eigenvalue weighted by molar-refractivity contribution is -0.0847. The van der Waals surface area contributed by atoms with Crippen LogP contribution in [0.4, 0.5) is 0 Å². The summed E-state index contributed by atoms with van der Waals surface area (Å²) in [4.78, 5) is 4.64. The number of hydrogen-bond donors (Lipinski definition) is 1. The van der Waals surface area contributed by atoms with Gasteiger partial charge in [-0.15, -0.1) is 0 Å². The first-order valence-electron chi connectivity index (χ1n) is 8.26. The monoisotopic (exact) mass is 295 g/mol. The summed E-state index contributed by atoms with van der Waals surface area (Å²) in [6.45, 7) is 9.10. The van der Waals surface area contributed by atoms with Crippen molar-refractivity contribution < 1.29 is 9.26 Å². The summed E-state index contributed by atoms with van der Waals surface area (Å²) in [6, 6.07) is 0.0488. The van der Waals surface area contributed by atoms with Crippen LogP contribution in [0.2, 0.25) is 0 Å². The van der Waals surface area contributed by atoms with E-state index in [1.165, 1.54) is 0 Å². The smallest absolute Gasteiger partial charge is 0.231 e. The average molecular weight is 295 g/mol. The van der Waals surface area contributed by atoms with E-state index in [-0.39, 0.29) is 17.6 Å². The predicted molar refractivity (Wildman–Crippen MR) is 81.9 cm³/mol. The van der Waals surface area contributed by atoms with E-state index in [2.05, 4.69) is 24.0 Å². The Labute approximate surface area is 127 Å². The second-order valence-electron chi connectivity index (χ2n) is 6.43. The second kappa shape index (κ2) is 6.88. The Kier molecular flexibility index (Phi) is 5.38. The highest BCUT2D eigenvalue weighted by molar-refractivity contribution is 5.06. The van der Waals surface area contributed by atoms with Crippen LogP contribution in [0.5, 0.6) is 0 Å². The van der Waals surface area contributed by atoms with Crippen LogP contribution in [0.25, 0.3) is 0 Å². The number of nitrogens with zero attached hydrogens (tertiary/aromatic N) is 2. The van der Waals surface area contributed by atoms with Crippen molar-refractivity contribution in [1.29, 1.82) is 0 Å². The van der Waals surface area contributed by atoms with Crippen LogP contribution in [-0.2, 0) is 10.3 Å². The van der Waals surface area contributed by atoms with E-state index in [9.17, 15) is 0 Å². The molecule has 1 aliphatic rings. The molecule has 0 radical (unpaired) electrons. The maximum absolute atomic E-state index is 6.09. The van der Waals surface area contributed by atoms with Crippen LogP contribution in [0.15, 0.2) is 4.52 Å². The molecule has 5 nitrogen and oxygen atoms in total. The first kappa shape index (κ1) is 16.4. The van der Waals surface area contributed by atoms with Gasteiger partial charge in [0.15, 0.2) is 0 Å². The standard InChI is InChI=1S/C16H29N3O2/c1-5-13(17)12(4)14-18-15(19-21-14)16(20-6-2)9-7-11(3)8-10-16/h11-13H,5-10,17H2,1-4H3. The van der Waals surface area contributed by atoms with Crippen molar-refractivity contribution in [3.63, 3.8) is 0 Å². The predicted octanol–water partition coefficient (Wildman–Crippen LogP) is 3.35. The molecule has 21 heavy (non-hydrogen) atoms. The Morgan fingerprint density at radius 2 is 2.05 bits per heavy atom. The molecular weight excluding hydrogens is 266 g/mol. The first-order chi connectivity index (χ1) is 10.0. The van der Waals surface area contributed by atoms with E-state index in [0.717, 1.165) is 38.0 Å². The Morgan fingerprint density at radius 1 is 1.38 bits per heavy atom. The van der Waals surface area contributed by atoms with E-state index in [0.29, 0.717) is 18.3 Å². The van der Waals surface area contributed by atoms with Gasteiger partial charge in [-0.2, -0.15) is 4.98 Å². The minimum absolute atomic E-state index is 0.0488. The minimum Gasteiger partial charge on any atom is -0.367 e. The molecule has 1 aromatic rings. The van der Waals surface area contributed by atoms with Crippen LogP contribution in [0.1, 0.15) is 77.4 Å². The maximum atomic E-state index is 6.09. The molecule has 0 aromatic carbocycles. The van der Waals surface area contributed by atoms with Crippen LogP contribution in [0, 0.1) is 5.92 Å². The third kappa shape index (κ3) is 3.46. The Balaban J connectivity index is 2.20. The molecule has 2 unspecified atom stereocenters. The molecule has 0 bridgehead atoms. The van der Waals surface area contributed by atoms with Crippen LogP contribution < -0.4 is 5.73 Å². The molecule has 5 heteroatoms. The van der Waals surface area contributed by atoms with Gasteiger partial charge < -0.3 is 15.0 Å². The quantitative estimate of drug-likeness (QED) is 0.871. The summed E-state index contributed by atoms with van der Waals surface area (Å²) in [7, 11) is 0. The number of nitrogens with two attached hydrogens (primary N) is 1. The lowest BCUT2D eigenvalue weighted by Gasteiger charge is -2.36. The Hall–Kier alpha value is -0.940. The van der Waals surface area contributed by atoms with E-state index < -0.39 is 0 Å². The van der Waals surface area contributed by atoms with Gasteiger partial charge in [0, 0.05) is 12.6 Å². The zero-order valence-corrected chi connectivity index (χ0v) is 13.8. The minimum atomic E-state index is -0.362. The fraction of sp³-hybridized carbons (Fsp3) is 0.875. The molecule has 2 N–H and O–H groups in total. The van der Waals surface area contributed by atoms with Gasteiger partial charge in [-0.1, -0.05) is 25.9 Å². The number of ether oxygens (including phenoxy) is 1. The summed E-state index contributed by atoms with van der Waals surface area (Å²) >= 11 is 0. The van der Waals surface area contributed by atoms with Gasteiger partial charge in [0.1, 0.15) is 5.60 Å². The van der Waals surface area contributed by atoms with Crippen molar-refractivity contribution in [3.05, 3.63) is 11.7 Å². The highest BCUT2D eigenvalue weighted by Gasteiger charge is 2.41. The Bertz CT molecular complexity index is 438. The van der Waals surface area contributed by atoms with Crippen LogP contribution in [0.3, 0.4) is 0 Å². The fourth-order valence-electron chi connectivity index (χ4n) is 3.08. The summed E-state index contributed by atoms with van der Waals surface area (Å²) in [5.41, 5.74) is 5.72. The van der Waals surface area contributed by atoms with Gasteiger partial charge in [0.25, 0.3) is 0 Å². The van der Waals surface area contributed by atoms with Crippen LogP contribution >= 0.6 is 0 Å².